The van der Waals surface area contributed by atoms with Gasteiger partial charge in [-0.05, 0) is 38.0 Å². The van der Waals surface area contributed by atoms with E-state index in [1.807, 2.05) is 23.1 Å². The van der Waals surface area contributed by atoms with E-state index in [0.717, 1.165) is 24.7 Å². The molecule has 1 aliphatic rings. The molecule has 0 aromatic heterocycles. The average molecular weight is 481 g/mol. The molecule has 0 aliphatic carbocycles. The molecule has 0 atom stereocenters. The zero-order valence-corrected chi connectivity index (χ0v) is 18.4. The Morgan fingerprint density at radius 3 is 2.72 bits per heavy atom. The van der Waals surface area contributed by atoms with Crippen LogP contribution >= 0.6 is 24.0 Å². The Hall–Kier alpha value is -1.03. The van der Waals surface area contributed by atoms with Crippen molar-refractivity contribution in [1.82, 2.24) is 10.2 Å². The first kappa shape index (κ1) is 22.0. The fraction of sp³-hybridized carbons (Fsp3) is 0.588. The van der Waals surface area contributed by atoms with E-state index in [4.69, 9.17) is 4.74 Å². The summed E-state index contributed by atoms with van der Waals surface area (Å²) < 4.78 is 28.7. The van der Waals surface area contributed by atoms with Gasteiger partial charge in [0.2, 0.25) is 0 Å². The average Bonchev–Trinajstić information content (AvgIpc) is 2.54. The predicted octanol–water partition coefficient (Wildman–Crippen LogP) is 1.94. The van der Waals surface area contributed by atoms with E-state index in [1.54, 1.807) is 28.0 Å². The molecular weight excluding hydrogens is 453 g/mol. The van der Waals surface area contributed by atoms with E-state index in [2.05, 4.69) is 16.4 Å². The zero-order chi connectivity index (χ0) is 17.8. The number of halogens is 1. The number of hydrogen-bond donors (Lipinski definition) is 1. The highest BCUT2D eigenvalue weighted by molar-refractivity contribution is 14.0. The van der Waals surface area contributed by atoms with Crippen molar-refractivity contribution in [2.24, 2.45) is 4.99 Å². The number of nitrogens with one attached hydrogen (secondary N) is 1. The van der Waals surface area contributed by atoms with Gasteiger partial charge in [-0.3, -0.25) is 4.99 Å². The van der Waals surface area contributed by atoms with Crippen LogP contribution in [0.1, 0.15) is 19.4 Å². The molecule has 0 radical (unpaired) electrons. The molecule has 8 heteroatoms. The normalized spacial score (nSPS) is 19.0. The van der Waals surface area contributed by atoms with Crippen molar-refractivity contribution in [2.75, 3.05) is 39.5 Å². The molecule has 0 spiro atoms. The van der Waals surface area contributed by atoms with Crippen molar-refractivity contribution in [3.63, 3.8) is 0 Å². The minimum absolute atomic E-state index is 0. The summed E-state index contributed by atoms with van der Waals surface area (Å²) in [5.74, 6) is 1.76. The summed E-state index contributed by atoms with van der Waals surface area (Å²) in [4.78, 5) is 6.32. The second kappa shape index (κ2) is 9.07. The van der Waals surface area contributed by atoms with Gasteiger partial charge in [-0.1, -0.05) is 12.1 Å². The summed E-state index contributed by atoms with van der Waals surface area (Å²) in [5, 5.41) is 3.33. The molecule has 1 N–H and O–H groups in total. The highest BCUT2D eigenvalue weighted by Crippen LogP contribution is 2.23. The standard InChI is InChI=1S/C17H27N3O3S.HI/c1-17(2)13-20(10-11-24(17,21)22)16(18-3)19-9-8-14-6-5-7-15(12-14)23-4;/h5-7,12H,8-11,13H2,1-4H3,(H,18,19);1H. The molecule has 1 aliphatic heterocycles. The van der Waals surface area contributed by atoms with Gasteiger partial charge < -0.3 is 15.0 Å². The predicted molar refractivity (Wildman–Crippen MR) is 113 cm³/mol. The molecule has 6 nitrogen and oxygen atoms in total. The molecule has 1 aromatic rings. The molecule has 1 saturated heterocycles. The molecule has 0 unspecified atom stereocenters. The molecule has 0 bridgehead atoms. The number of guanidine groups is 1. The van der Waals surface area contributed by atoms with Crippen LogP contribution in [0.15, 0.2) is 29.3 Å². The van der Waals surface area contributed by atoms with Gasteiger partial charge in [-0.25, -0.2) is 8.42 Å². The number of aliphatic imine (C=N–C) groups is 1. The van der Waals surface area contributed by atoms with Crippen molar-refractivity contribution in [1.29, 1.82) is 0 Å². The minimum atomic E-state index is -3.05. The molecule has 1 heterocycles. The van der Waals surface area contributed by atoms with Crippen LogP contribution < -0.4 is 10.1 Å². The first-order valence-corrected chi connectivity index (χ1v) is 9.75. The Morgan fingerprint density at radius 1 is 1.40 bits per heavy atom. The Labute approximate surface area is 168 Å². The van der Waals surface area contributed by atoms with Crippen LogP contribution in [0, 0.1) is 0 Å². The van der Waals surface area contributed by atoms with Crippen molar-refractivity contribution in [2.45, 2.75) is 25.0 Å². The lowest BCUT2D eigenvalue weighted by Crippen LogP contribution is -2.57. The maximum Gasteiger partial charge on any atom is 0.193 e. The summed E-state index contributed by atoms with van der Waals surface area (Å²) in [6.45, 7) is 5.21. The summed E-state index contributed by atoms with van der Waals surface area (Å²) in [6, 6.07) is 7.97. The number of nitrogens with zero attached hydrogens (tertiary/aromatic N) is 2. The summed E-state index contributed by atoms with van der Waals surface area (Å²) in [6.07, 6.45) is 0.839. The third kappa shape index (κ3) is 5.47. The van der Waals surface area contributed by atoms with Gasteiger partial charge >= 0.3 is 0 Å². The molecule has 2 rings (SSSR count). The lowest BCUT2D eigenvalue weighted by molar-refractivity contribution is 0.353. The van der Waals surface area contributed by atoms with Crippen LogP contribution in [0.5, 0.6) is 5.75 Å². The van der Waals surface area contributed by atoms with Gasteiger partial charge in [0.25, 0.3) is 0 Å². The zero-order valence-electron chi connectivity index (χ0n) is 15.3. The molecule has 25 heavy (non-hydrogen) atoms. The minimum Gasteiger partial charge on any atom is -0.497 e. The Balaban J connectivity index is 0.00000312. The van der Waals surface area contributed by atoms with Crippen LogP contribution in [0.25, 0.3) is 0 Å². The van der Waals surface area contributed by atoms with E-state index in [-0.39, 0.29) is 29.7 Å². The molecule has 0 saturated carbocycles. The smallest absolute Gasteiger partial charge is 0.193 e. The summed E-state index contributed by atoms with van der Waals surface area (Å²) in [7, 11) is 0.339. The van der Waals surface area contributed by atoms with Crippen LogP contribution in [-0.2, 0) is 16.3 Å². The third-order valence-corrected chi connectivity index (χ3v) is 6.92. The van der Waals surface area contributed by atoms with Crippen molar-refractivity contribution >= 4 is 39.8 Å². The van der Waals surface area contributed by atoms with E-state index >= 15 is 0 Å². The van der Waals surface area contributed by atoms with Crippen molar-refractivity contribution in [3.8, 4) is 5.75 Å². The highest BCUT2D eigenvalue weighted by atomic mass is 127. The summed E-state index contributed by atoms with van der Waals surface area (Å²) >= 11 is 0. The van der Waals surface area contributed by atoms with Crippen molar-refractivity contribution < 1.29 is 13.2 Å². The summed E-state index contributed by atoms with van der Waals surface area (Å²) in [5.41, 5.74) is 1.18. The molecule has 1 aromatic carbocycles. The van der Waals surface area contributed by atoms with Gasteiger partial charge in [0, 0.05) is 26.7 Å². The van der Waals surface area contributed by atoms with Gasteiger partial charge in [-0.15, -0.1) is 24.0 Å². The molecule has 1 fully saturated rings. The second-order valence-electron chi connectivity index (χ2n) is 6.58. The number of hydrogen-bond acceptors (Lipinski definition) is 4. The topological polar surface area (TPSA) is 71.0 Å². The van der Waals surface area contributed by atoms with Crippen LogP contribution in [0.4, 0.5) is 0 Å². The van der Waals surface area contributed by atoms with E-state index in [0.29, 0.717) is 13.1 Å². The monoisotopic (exact) mass is 481 g/mol. The number of rotatable bonds is 4. The molecular formula is C17H28IN3O3S. The Kier molecular flexibility index (Phi) is 7.98. The third-order valence-electron chi connectivity index (χ3n) is 4.39. The fourth-order valence-corrected chi connectivity index (χ4v) is 4.17. The van der Waals surface area contributed by atoms with Gasteiger partial charge in [0.15, 0.2) is 15.8 Å². The SMILES string of the molecule is CN=C(NCCc1cccc(OC)c1)N1CCS(=O)(=O)C(C)(C)C1.I. The van der Waals surface area contributed by atoms with E-state index in [9.17, 15) is 8.42 Å². The van der Waals surface area contributed by atoms with E-state index < -0.39 is 14.6 Å². The largest absolute Gasteiger partial charge is 0.497 e. The van der Waals surface area contributed by atoms with Crippen LogP contribution in [-0.4, -0.2) is 63.6 Å². The van der Waals surface area contributed by atoms with E-state index in [1.165, 1.54) is 5.56 Å². The lowest BCUT2D eigenvalue weighted by atomic mass is 10.1. The van der Waals surface area contributed by atoms with Gasteiger partial charge in [0.1, 0.15) is 5.75 Å². The maximum absolute atomic E-state index is 12.1. The maximum atomic E-state index is 12.1. The molecule has 142 valence electrons. The van der Waals surface area contributed by atoms with Crippen LogP contribution in [0.2, 0.25) is 0 Å². The van der Waals surface area contributed by atoms with Crippen molar-refractivity contribution in [3.05, 3.63) is 29.8 Å². The van der Waals surface area contributed by atoms with Crippen LogP contribution in [0.3, 0.4) is 0 Å². The first-order valence-electron chi connectivity index (χ1n) is 8.10. The lowest BCUT2D eigenvalue weighted by Gasteiger charge is -2.39. The Morgan fingerprint density at radius 2 is 2.12 bits per heavy atom. The first-order chi connectivity index (χ1) is 11.3. The number of benzene rings is 1. The second-order valence-corrected chi connectivity index (χ2v) is 9.32. The number of ether oxygens (including phenoxy) is 1. The quantitative estimate of drug-likeness (QED) is 0.405. The molecule has 0 amide bonds. The highest BCUT2D eigenvalue weighted by Gasteiger charge is 2.40. The Bertz CT molecular complexity index is 705. The number of sulfone groups is 1. The fourth-order valence-electron chi connectivity index (χ4n) is 2.80. The van der Waals surface area contributed by atoms with Gasteiger partial charge in [0.05, 0.1) is 17.6 Å². The number of methoxy groups -OCH3 is 1. The van der Waals surface area contributed by atoms with Gasteiger partial charge in [-0.2, -0.15) is 0 Å².